The Labute approximate surface area is 555 Å². The lowest BCUT2D eigenvalue weighted by Gasteiger charge is -2.34. The van der Waals surface area contributed by atoms with Crippen molar-refractivity contribution in [2.45, 2.75) is 101 Å². The number of aliphatic imine (C=N–C) groups is 1. The number of rotatable bonds is 32. The highest BCUT2D eigenvalue weighted by molar-refractivity contribution is 7.89. The van der Waals surface area contributed by atoms with Crippen LogP contribution in [0.15, 0.2) is 84.1 Å². The Hall–Kier alpha value is -7.87. The van der Waals surface area contributed by atoms with E-state index in [0.29, 0.717) is 183 Å². The summed E-state index contributed by atoms with van der Waals surface area (Å²) in [5.41, 5.74) is 9.35. The van der Waals surface area contributed by atoms with Gasteiger partial charge in [-0.25, -0.2) is 42.3 Å². The van der Waals surface area contributed by atoms with Crippen molar-refractivity contribution in [2.75, 3.05) is 135 Å². The predicted molar refractivity (Wildman–Crippen MR) is 364 cm³/mol. The van der Waals surface area contributed by atoms with Crippen LogP contribution in [0, 0.1) is 18.8 Å². The van der Waals surface area contributed by atoms with E-state index in [0.717, 1.165) is 41.6 Å². The molecule has 4 aromatic heterocycles. The first-order chi connectivity index (χ1) is 46.1. The monoisotopic (exact) mass is 1330 g/mol. The zero-order chi connectivity index (χ0) is 66.8. The van der Waals surface area contributed by atoms with Crippen molar-refractivity contribution < 1.29 is 52.6 Å². The summed E-state index contributed by atoms with van der Waals surface area (Å²) in [7, 11) is 0.888. The lowest BCUT2D eigenvalue weighted by molar-refractivity contribution is -0.133. The van der Waals surface area contributed by atoms with Crippen LogP contribution in [0.3, 0.4) is 0 Å². The first-order valence-corrected chi connectivity index (χ1v) is 34.6. The van der Waals surface area contributed by atoms with Gasteiger partial charge in [0.25, 0.3) is 0 Å². The first kappa shape index (κ1) is 69.9. The second kappa shape index (κ2) is 33.7. The van der Waals surface area contributed by atoms with Gasteiger partial charge < -0.3 is 86.8 Å². The molecule has 95 heavy (non-hydrogen) atoms. The van der Waals surface area contributed by atoms with E-state index in [1.807, 2.05) is 24.0 Å². The van der Waals surface area contributed by atoms with Gasteiger partial charge in [-0.3, -0.25) is 9.79 Å². The van der Waals surface area contributed by atoms with Crippen LogP contribution < -0.4 is 52.0 Å². The van der Waals surface area contributed by atoms with Gasteiger partial charge >= 0.3 is 0 Å². The average Bonchev–Trinajstić information content (AvgIpc) is 1.65. The normalized spacial score (nSPS) is 20.5. The highest BCUT2D eigenvalue weighted by Crippen LogP contribution is 2.38. The molecule has 12 N–H and O–H groups in total. The Morgan fingerprint density at radius 1 is 0.905 bits per heavy atom. The fraction of sp³-hybridized carbons (Fsp3) is 0.545. The van der Waals surface area contributed by atoms with Crippen molar-refractivity contribution in [3.8, 4) is 45.5 Å². The second-order valence-electron chi connectivity index (χ2n) is 24.8. The molecule has 4 unspecified atom stereocenters. The number of aromatic nitrogens is 7. The van der Waals surface area contributed by atoms with Crippen molar-refractivity contribution >= 4 is 50.3 Å². The maximum atomic E-state index is 15.3. The molecule has 3 saturated heterocycles. The number of hydrogen-bond acceptors (Lipinski definition) is 25. The Morgan fingerprint density at radius 3 is 2.44 bits per heavy atom. The summed E-state index contributed by atoms with van der Waals surface area (Å²) in [6.07, 6.45) is 10.2. The standard InChI is InChI=1S/C66H93N17O11S/c1-42-62(76-48-11-12-49(85)30-48)79-64(80-65(42)82-18-22-91-23-19-82)47-24-44(25-53(28-47)94-39-51(87)35-69-3)40-95(89,90)83-37-55(54-36-71-41-75-66(54)83)56-31-60(78-63(77-56)46-8-5-10-52(27-46)93-38-50(86)34-68-2)74-33-43-13-21-92-57(26-43)45-9-6-16-81(61(88)29-45)17-7-14-72-58(67)32-59(70-4)73-15-20-84/h5,8,10,24-25,27-28,31-32,36-37,41,43,45,48-51,57,68-70,73,84-87H,6-7,9,11-23,26,29-30,33-35,38-40H2,1-4H3,(H2,67,72)(H,74,77,78)(H,76,79,80)/b59-32+/t43?,45?,48-,49+,50-,51?,57?/m1/s1. The Morgan fingerprint density at radius 2 is 1.68 bits per heavy atom. The Balaban J connectivity index is 0.921. The maximum Gasteiger partial charge on any atom is 0.244 e. The third-order valence-corrected chi connectivity index (χ3v) is 19.1. The molecule has 1 aliphatic carbocycles. The minimum atomic E-state index is -4.35. The molecule has 29 heteroatoms. The number of nitrogens with zero attached hydrogens (tertiary/aromatic N) is 10. The Bertz CT molecular complexity index is 3710. The molecule has 6 aromatic rings. The van der Waals surface area contributed by atoms with Crippen molar-refractivity contribution in [2.24, 2.45) is 22.6 Å². The number of carbonyl (C=O) groups is 1. The summed E-state index contributed by atoms with van der Waals surface area (Å²) < 4.78 is 56.2. The fourth-order valence-electron chi connectivity index (χ4n) is 12.6. The van der Waals surface area contributed by atoms with Gasteiger partial charge in [-0.1, -0.05) is 12.1 Å². The number of aliphatic hydroxyl groups is 4. The van der Waals surface area contributed by atoms with E-state index < -0.39 is 34.1 Å². The summed E-state index contributed by atoms with van der Waals surface area (Å²) in [5, 5.41) is 60.5. The number of aliphatic hydroxyl groups excluding tert-OH is 4. The highest BCUT2D eigenvalue weighted by Gasteiger charge is 2.34. The lowest BCUT2D eigenvalue weighted by Crippen LogP contribution is -2.37. The number of likely N-dealkylation sites (tertiary alicyclic amines) is 1. The summed E-state index contributed by atoms with van der Waals surface area (Å²) >= 11 is 0. The molecule has 4 aliphatic rings. The van der Waals surface area contributed by atoms with Crippen molar-refractivity contribution in [3.63, 3.8) is 0 Å². The van der Waals surface area contributed by atoms with E-state index in [1.54, 1.807) is 69.8 Å². The smallest absolute Gasteiger partial charge is 0.244 e. The van der Waals surface area contributed by atoms with Gasteiger partial charge in [-0.15, -0.1) is 0 Å². The topological polar surface area (TPSA) is 368 Å². The summed E-state index contributed by atoms with van der Waals surface area (Å²) in [4.78, 5) is 51.7. The third kappa shape index (κ3) is 19.0. The van der Waals surface area contributed by atoms with Gasteiger partial charge in [-0.2, -0.15) is 0 Å². The van der Waals surface area contributed by atoms with Crippen LogP contribution in [0.1, 0.15) is 68.9 Å². The Kier molecular flexibility index (Phi) is 24.8. The summed E-state index contributed by atoms with van der Waals surface area (Å²) in [6.45, 7) is 7.88. The molecule has 4 fully saturated rings. The van der Waals surface area contributed by atoms with Crippen LogP contribution in [-0.4, -0.2) is 230 Å². The number of carbonyl (C=O) groups excluding carboxylic acids is 1. The quantitative estimate of drug-likeness (QED) is 0.0164. The number of amidine groups is 1. The second-order valence-corrected chi connectivity index (χ2v) is 26.6. The number of benzene rings is 2. The zero-order valence-electron chi connectivity index (χ0n) is 54.8. The van der Waals surface area contributed by atoms with Crippen LogP contribution >= 0.6 is 0 Å². The third-order valence-electron chi connectivity index (χ3n) is 17.5. The molecule has 3 aliphatic heterocycles. The fourth-order valence-corrected chi connectivity index (χ4v) is 14.0. The van der Waals surface area contributed by atoms with E-state index >= 15 is 8.42 Å². The van der Waals surface area contributed by atoms with Crippen LogP contribution in [0.25, 0.3) is 45.1 Å². The molecule has 1 saturated carbocycles. The van der Waals surface area contributed by atoms with Crippen LogP contribution in [-0.2, 0) is 30.0 Å². The number of morpholine rings is 1. The average molecular weight is 1330 g/mol. The van der Waals surface area contributed by atoms with Gasteiger partial charge in [0.05, 0.1) is 43.5 Å². The number of nitrogens with one attached hydrogen (secondary N) is 6. The molecule has 2 aromatic carbocycles. The van der Waals surface area contributed by atoms with Crippen LogP contribution in [0.2, 0.25) is 0 Å². The molecule has 0 radical (unpaired) electrons. The summed E-state index contributed by atoms with van der Waals surface area (Å²) in [6, 6.07) is 14.2. The van der Waals surface area contributed by atoms with Crippen LogP contribution in [0.4, 0.5) is 17.5 Å². The van der Waals surface area contributed by atoms with Gasteiger partial charge in [0.2, 0.25) is 15.9 Å². The summed E-state index contributed by atoms with van der Waals surface area (Å²) in [5.74, 6) is 4.00. The van der Waals surface area contributed by atoms with Gasteiger partial charge in [0.15, 0.2) is 17.3 Å². The molecule has 7 heterocycles. The van der Waals surface area contributed by atoms with Crippen molar-refractivity contribution in [1.29, 1.82) is 0 Å². The van der Waals surface area contributed by atoms with Crippen molar-refractivity contribution in [3.05, 3.63) is 90.3 Å². The van der Waals surface area contributed by atoms with E-state index in [4.69, 9.17) is 49.7 Å². The molecule has 7 atom stereocenters. The molecule has 28 nitrogen and oxygen atoms in total. The molecule has 514 valence electrons. The SMILES string of the molecule is CNCC(O)COc1cc(CS(=O)(=O)n2cc(-c3cc(NCC4CCOC(C5CCCN(CCCN=C(N)/C=C(\NC)NCCO)C(=O)C5)C4)nc(-c4cccc(OC[C@H](O)CNC)c4)n3)c3cncnc32)cc(-c2nc(N[C@@H]3CC[C@H](O)C3)c(C)c(N3CCOCC3)n2)c1. The predicted octanol–water partition coefficient (Wildman–Crippen LogP) is 3.00. The van der Waals surface area contributed by atoms with E-state index in [-0.39, 0.29) is 61.9 Å². The van der Waals surface area contributed by atoms with Gasteiger partial charge in [-0.05, 0) is 120 Å². The zero-order valence-corrected chi connectivity index (χ0v) is 55.6. The number of likely N-dealkylation sites (N-methyl/N-ethyl adjacent to an activating group) is 2. The van der Waals surface area contributed by atoms with Crippen LogP contribution in [0.5, 0.6) is 11.5 Å². The number of nitrogens with two attached hydrogens (primary N) is 1. The molecule has 10 rings (SSSR count). The highest BCUT2D eigenvalue weighted by atomic mass is 32.2. The van der Waals surface area contributed by atoms with Crippen molar-refractivity contribution in [1.82, 2.24) is 60.0 Å². The van der Waals surface area contributed by atoms with E-state index in [9.17, 15) is 20.1 Å². The molecule has 0 spiro atoms. The number of fused-ring (bicyclic) bond motifs is 1. The minimum absolute atomic E-state index is 0.0140. The van der Waals surface area contributed by atoms with Gasteiger partial charge in [0, 0.05) is 137 Å². The maximum absolute atomic E-state index is 15.3. The molecule has 1 amide bonds. The largest absolute Gasteiger partial charge is 0.491 e. The van der Waals surface area contributed by atoms with E-state index in [1.165, 1.54) is 12.5 Å². The lowest BCUT2D eigenvalue weighted by atomic mass is 9.85. The van der Waals surface area contributed by atoms with E-state index in [2.05, 4.69) is 51.8 Å². The molecular formula is C66H93N17O11S. The van der Waals surface area contributed by atoms with Gasteiger partial charge in [0.1, 0.15) is 72.4 Å². The molecular weight excluding hydrogens is 1240 g/mol. The minimum Gasteiger partial charge on any atom is -0.491 e. The molecule has 0 bridgehead atoms. The number of anilines is 3. The number of hydrogen-bond donors (Lipinski definition) is 11. The number of amides is 1. The number of ether oxygens (including phenoxy) is 4. The first-order valence-electron chi connectivity index (χ1n) is 33.0.